The third-order valence-corrected chi connectivity index (χ3v) is 5.32. The van der Waals surface area contributed by atoms with Gasteiger partial charge in [0.2, 0.25) is 10.0 Å². The number of nitrogens with zero attached hydrogens (tertiary/aromatic N) is 2. The van der Waals surface area contributed by atoms with Gasteiger partial charge in [-0.05, 0) is 30.0 Å². The van der Waals surface area contributed by atoms with Crippen molar-refractivity contribution in [3.8, 4) is 6.07 Å². The van der Waals surface area contributed by atoms with E-state index >= 15 is 0 Å². The number of hydrogen-bond donors (Lipinski definition) is 1. The van der Waals surface area contributed by atoms with Crippen molar-refractivity contribution < 1.29 is 8.42 Å². The molecular weight excluding hydrogens is 262 g/mol. The highest BCUT2D eigenvalue weighted by Crippen LogP contribution is 2.34. The van der Waals surface area contributed by atoms with E-state index in [0.717, 1.165) is 6.42 Å². The van der Waals surface area contributed by atoms with Crippen molar-refractivity contribution in [1.82, 2.24) is 4.31 Å². The van der Waals surface area contributed by atoms with Gasteiger partial charge in [0, 0.05) is 13.1 Å². The summed E-state index contributed by atoms with van der Waals surface area (Å²) in [5, 5.41) is 8.77. The van der Waals surface area contributed by atoms with Crippen molar-refractivity contribution in [2.75, 3.05) is 18.8 Å². The average molecular weight is 279 g/mol. The van der Waals surface area contributed by atoms with Crippen LogP contribution in [0.4, 0.5) is 5.69 Å². The highest BCUT2D eigenvalue weighted by Gasteiger charge is 2.37. The number of sulfonamides is 1. The quantitative estimate of drug-likeness (QED) is 0.832. The summed E-state index contributed by atoms with van der Waals surface area (Å²) in [7, 11) is -3.57. The lowest BCUT2D eigenvalue weighted by Crippen LogP contribution is -2.30. The summed E-state index contributed by atoms with van der Waals surface area (Å²) < 4.78 is 26.5. The Bertz CT molecular complexity index is 644. The number of hydrogen-bond acceptors (Lipinski definition) is 4. The van der Waals surface area contributed by atoms with E-state index in [1.807, 2.05) is 19.9 Å². The summed E-state index contributed by atoms with van der Waals surface area (Å²) in [4.78, 5) is 0.0872. The average Bonchev–Trinajstić information content (AvgIpc) is 2.69. The Balaban J connectivity index is 2.39. The molecule has 19 heavy (non-hydrogen) atoms. The first-order chi connectivity index (χ1) is 8.76. The Morgan fingerprint density at radius 3 is 2.58 bits per heavy atom. The number of benzene rings is 1. The van der Waals surface area contributed by atoms with Gasteiger partial charge in [0.05, 0.1) is 17.3 Å². The van der Waals surface area contributed by atoms with E-state index in [0.29, 0.717) is 18.7 Å². The van der Waals surface area contributed by atoms with E-state index in [1.54, 1.807) is 0 Å². The van der Waals surface area contributed by atoms with E-state index < -0.39 is 10.0 Å². The van der Waals surface area contributed by atoms with Crippen LogP contribution in [0.3, 0.4) is 0 Å². The van der Waals surface area contributed by atoms with Gasteiger partial charge < -0.3 is 5.73 Å². The van der Waals surface area contributed by atoms with Gasteiger partial charge in [0.15, 0.2) is 0 Å². The Kier molecular flexibility index (Phi) is 3.29. The second kappa shape index (κ2) is 4.51. The smallest absolute Gasteiger partial charge is 0.245 e. The molecule has 0 saturated carbocycles. The Morgan fingerprint density at radius 1 is 1.42 bits per heavy atom. The molecule has 0 aromatic heterocycles. The SMILES string of the molecule is CC1(C)CCN(S(=O)(=O)c2ccc(C#N)cc2N)C1. The van der Waals surface area contributed by atoms with E-state index in [9.17, 15) is 8.42 Å². The summed E-state index contributed by atoms with van der Waals surface area (Å²) in [5.41, 5.74) is 6.24. The van der Waals surface area contributed by atoms with Crippen LogP contribution in [0, 0.1) is 16.7 Å². The summed E-state index contributed by atoms with van der Waals surface area (Å²) >= 11 is 0. The van der Waals surface area contributed by atoms with E-state index in [4.69, 9.17) is 11.0 Å². The lowest BCUT2D eigenvalue weighted by Gasteiger charge is -2.20. The van der Waals surface area contributed by atoms with Crippen LogP contribution < -0.4 is 5.73 Å². The molecule has 1 aliphatic heterocycles. The van der Waals surface area contributed by atoms with Crippen molar-refractivity contribution in [3.63, 3.8) is 0 Å². The van der Waals surface area contributed by atoms with E-state index in [-0.39, 0.29) is 16.0 Å². The van der Waals surface area contributed by atoms with Crippen LogP contribution >= 0.6 is 0 Å². The van der Waals surface area contributed by atoms with Crippen molar-refractivity contribution in [2.24, 2.45) is 5.41 Å². The second-order valence-corrected chi connectivity index (χ2v) is 7.52. The minimum absolute atomic E-state index is 0.00553. The van der Waals surface area contributed by atoms with Crippen LogP contribution in [-0.4, -0.2) is 25.8 Å². The standard InChI is InChI=1S/C13H17N3O2S/c1-13(2)5-6-16(9-13)19(17,18)12-4-3-10(8-14)7-11(12)15/h3-4,7H,5-6,9,15H2,1-2H3. The van der Waals surface area contributed by atoms with Crippen molar-refractivity contribution in [2.45, 2.75) is 25.2 Å². The molecule has 0 amide bonds. The first kappa shape index (κ1) is 13.8. The van der Waals surface area contributed by atoms with Gasteiger partial charge in [-0.2, -0.15) is 9.57 Å². The van der Waals surface area contributed by atoms with E-state index in [2.05, 4.69) is 0 Å². The molecule has 0 atom stereocenters. The van der Waals surface area contributed by atoms with Gasteiger partial charge >= 0.3 is 0 Å². The largest absolute Gasteiger partial charge is 0.398 e. The Hall–Kier alpha value is -1.58. The molecule has 1 saturated heterocycles. The fourth-order valence-corrected chi connectivity index (χ4v) is 3.99. The summed E-state index contributed by atoms with van der Waals surface area (Å²) in [5.74, 6) is 0. The van der Waals surface area contributed by atoms with E-state index in [1.165, 1.54) is 22.5 Å². The van der Waals surface area contributed by atoms with Crippen LogP contribution in [0.25, 0.3) is 0 Å². The zero-order valence-corrected chi connectivity index (χ0v) is 11.9. The van der Waals surface area contributed by atoms with Gasteiger partial charge in [0.25, 0.3) is 0 Å². The van der Waals surface area contributed by atoms with Gasteiger partial charge in [-0.3, -0.25) is 0 Å². The lowest BCUT2D eigenvalue weighted by molar-refractivity contribution is 0.375. The fraction of sp³-hybridized carbons (Fsp3) is 0.462. The molecule has 102 valence electrons. The van der Waals surface area contributed by atoms with Gasteiger partial charge in [-0.25, -0.2) is 8.42 Å². The highest BCUT2D eigenvalue weighted by atomic mass is 32.2. The van der Waals surface area contributed by atoms with Crippen LogP contribution in [-0.2, 0) is 10.0 Å². The molecule has 5 nitrogen and oxygen atoms in total. The molecule has 0 bridgehead atoms. The van der Waals surface area contributed by atoms with Crippen molar-refractivity contribution >= 4 is 15.7 Å². The third-order valence-electron chi connectivity index (χ3n) is 3.40. The predicted octanol–water partition coefficient (Wildman–Crippen LogP) is 1.56. The van der Waals surface area contributed by atoms with Crippen molar-refractivity contribution in [3.05, 3.63) is 23.8 Å². The fourth-order valence-electron chi connectivity index (χ4n) is 2.26. The molecule has 0 unspecified atom stereocenters. The topological polar surface area (TPSA) is 87.2 Å². The number of nitrogen functional groups attached to an aromatic ring is 1. The van der Waals surface area contributed by atoms with Crippen LogP contribution in [0.2, 0.25) is 0 Å². The van der Waals surface area contributed by atoms with Gasteiger partial charge in [0.1, 0.15) is 4.90 Å². The number of rotatable bonds is 2. The highest BCUT2D eigenvalue weighted by molar-refractivity contribution is 7.89. The Labute approximate surface area is 113 Å². The molecule has 1 heterocycles. The third kappa shape index (κ3) is 2.57. The minimum atomic E-state index is -3.57. The number of nitrogens with two attached hydrogens (primary N) is 1. The maximum absolute atomic E-state index is 12.5. The molecule has 0 radical (unpaired) electrons. The number of anilines is 1. The molecule has 1 fully saturated rings. The first-order valence-electron chi connectivity index (χ1n) is 6.06. The molecule has 1 aromatic rings. The summed E-state index contributed by atoms with van der Waals surface area (Å²) in [6.45, 7) is 5.10. The van der Waals surface area contributed by atoms with Gasteiger partial charge in [-0.15, -0.1) is 0 Å². The number of nitriles is 1. The minimum Gasteiger partial charge on any atom is -0.398 e. The van der Waals surface area contributed by atoms with Gasteiger partial charge in [-0.1, -0.05) is 13.8 Å². The monoisotopic (exact) mass is 279 g/mol. The molecule has 0 spiro atoms. The zero-order chi connectivity index (χ0) is 14.3. The lowest BCUT2D eigenvalue weighted by atomic mass is 9.93. The summed E-state index contributed by atoms with van der Waals surface area (Å²) in [6.07, 6.45) is 0.836. The predicted molar refractivity (Wildman–Crippen MR) is 72.7 cm³/mol. The molecule has 1 aliphatic rings. The summed E-state index contributed by atoms with van der Waals surface area (Å²) in [6, 6.07) is 6.23. The first-order valence-corrected chi connectivity index (χ1v) is 7.50. The molecule has 2 N–H and O–H groups in total. The normalized spacial score (nSPS) is 19.2. The molecule has 0 aliphatic carbocycles. The van der Waals surface area contributed by atoms with Crippen molar-refractivity contribution in [1.29, 1.82) is 5.26 Å². The van der Waals surface area contributed by atoms with Crippen LogP contribution in [0.15, 0.2) is 23.1 Å². The Morgan fingerprint density at radius 2 is 2.11 bits per heavy atom. The maximum atomic E-state index is 12.5. The molecule has 6 heteroatoms. The molecule has 2 rings (SSSR count). The second-order valence-electron chi connectivity index (χ2n) is 5.62. The molecular formula is C13H17N3O2S. The molecule has 1 aromatic carbocycles. The van der Waals surface area contributed by atoms with Crippen LogP contribution in [0.5, 0.6) is 0 Å². The maximum Gasteiger partial charge on any atom is 0.245 e. The zero-order valence-electron chi connectivity index (χ0n) is 11.0. The van der Waals surface area contributed by atoms with Crippen LogP contribution in [0.1, 0.15) is 25.8 Å².